The molecule has 0 aliphatic carbocycles. The van der Waals surface area contributed by atoms with Crippen molar-refractivity contribution in [3.05, 3.63) is 45.6 Å². The van der Waals surface area contributed by atoms with Gasteiger partial charge in [-0.3, -0.25) is 10.1 Å². The van der Waals surface area contributed by atoms with Crippen molar-refractivity contribution in [2.45, 2.75) is 20.0 Å². The Balaban J connectivity index is 2.77. The number of rotatable bonds is 5. The molecule has 1 aromatic heterocycles. The number of ether oxygens (including phenoxy) is 1. The molecule has 2 amide bonds. The number of alkyl halides is 3. The number of urea groups is 1. The lowest BCUT2D eigenvalue weighted by Crippen LogP contribution is -2.34. The number of anilines is 2. The fraction of sp³-hybridized carbons (Fsp3) is 0.267. The van der Waals surface area contributed by atoms with Gasteiger partial charge in [0.05, 0.1) is 11.5 Å². The zero-order valence-electron chi connectivity index (χ0n) is 14.1. The summed E-state index contributed by atoms with van der Waals surface area (Å²) in [4.78, 5) is 29.9. The summed E-state index contributed by atoms with van der Waals surface area (Å²) in [7, 11) is 0. The number of primary amides is 1. The van der Waals surface area contributed by atoms with Gasteiger partial charge >= 0.3 is 12.2 Å². The van der Waals surface area contributed by atoms with Gasteiger partial charge in [-0.2, -0.15) is 18.2 Å². The SMILES string of the molecule is CCOc1nc(N(C(N)=O)c2ccccc2[N+](=O)[O-])nc(C(F)(F)F)c1C. The zero-order chi connectivity index (χ0) is 20.4. The minimum atomic E-state index is -4.88. The highest BCUT2D eigenvalue weighted by atomic mass is 19.4. The number of aromatic nitrogens is 2. The van der Waals surface area contributed by atoms with Crippen molar-refractivity contribution >= 4 is 23.4 Å². The van der Waals surface area contributed by atoms with Gasteiger partial charge in [-0.15, -0.1) is 0 Å². The smallest absolute Gasteiger partial charge is 0.433 e. The molecule has 0 saturated heterocycles. The predicted molar refractivity (Wildman–Crippen MR) is 87.8 cm³/mol. The average molecular weight is 385 g/mol. The number of halogens is 3. The normalized spacial score (nSPS) is 11.1. The van der Waals surface area contributed by atoms with Crippen LogP contribution in [-0.2, 0) is 6.18 Å². The van der Waals surface area contributed by atoms with Gasteiger partial charge in [0.2, 0.25) is 11.8 Å². The molecule has 0 aliphatic heterocycles. The lowest BCUT2D eigenvalue weighted by atomic mass is 10.2. The van der Waals surface area contributed by atoms with E-state index < -0.39 is 40.3 Å². The highest BCUT2D eigenvalue weighted by Gasteiger charge is 2.38. The molecule has 27 heavy (non-hydrogen) atoms. The van der Waals surface area contributed by atoms with Crippen molar-refractivity contribution in [3.63, 3.8) is 0 Å². The predicted octanol–water partition coefficient (Wildman–Crippen LogP) is 3.33. The van der Waals surface area contributed by atoms with E-state index in [2.05, 4.69) is 9.97 Å². The molecule has 2 rings (SSSR count). The van der Waals surface area contributed by atoms with E-state index in [4.69, 9.17) is 10.5 Å². The van der Waals surface area contributed by atoms with E-state index >= 15 is 0 Å². The summed E-state index contributed by atoms with van der Waals surface area (Å²) in [6, 6.07) is 3.57. The van der Waals surface area contributed by atoms with Crippen LogP contribution in [0, 0.1) is 17.0 Å². The van der Waals surface area contributed by atoms with Crippen LogP contribution in [0.2, 0.25) is 0 Å². The number of hydrogen-bond acceptors (Lipinski definition) is 6. The Morgan fingerprint density at radius 2 is 1.96 bits per heavy atom. The first-order valence-corrected chi connectivity index (χ1v) is 7.49. The van der Waals surface area contributed by atoms with Crippen LogP contribution in [0.5, 0.6) is 5.88 Å². The Kier molecular flexibility index (Phi) is 5.47. The lowest BCUT2D eigenvalue weighted by molar-refractivity contribution is -0.384. The number of carbonyl (C=O) groups excluding carboxylic acids is 1. The maximum absolute atomic E-state index is 13.3. The molecule has 2 N–H and O–H groups in total. The second-order valence-corrected chi connectivity index (χ2v) is 5.15. The number of carbonyl (C=O) groups is 1. The minimum Gasteiger partial charge on any atom is -0.478 e. The number of nitrogens with zero attached hydrogens (tertiary/aromatic N) is 4. The molecular weight excluding hydrogens is 371 g/mol. The van der Waals surface area contributed by atoms with Crippen LogP contribution < -0.4 is 15.4 Å². The third-order valence-corrected chi connectivity index (χ3v) is 3.38. The second kappa shape index (κ2) is 7.43. The molecule has 0 saturated carbocycles. The van der Waals surface area contributed by atoms with Crippen molar-refractivity contribution in [2.75, 3.05) is 11.5 Å². The Morgan fingerprint density at radius 1 is 1.33 bits per heavy atom. The first-order chi connectivity index (χ1) is 12.6. The number of nitro groups is 1. The maximum atomic E-state index is 13.3. The minimum absolute atomic E-state index is 0.00333. The van der Waals surface area contributed by atoms with Gasteiger partial charge < -0.3 is 10.5 Å². The van der Waals surface area contributed by atoms with Crippen LogP contribution in [0.15, 0.2) is 24.3 Å². The van der Waals surface area contributed by atoms with Crippen LogP contribution in [-0.4, -0.2) is 27.5 Å². The molecule has 0 radical (unpaired) electrons. The maximum Gasteiger partial charge on any atom is 0.433 e. The molecule has 0 unspecified atom stereocenters. The van der Waals surface area contributed by atoms with Crippen molar-refractivity contribution in [3.8, 4) is 5.88 Å². The van der Waals surface area contributed by atoms with Gasteiger partial charge in [0.15, 0.2) is 5.69 Å². The topological polar surface area (TPSA) is 124 Å². The lowest BCUT2D eigenvalue weighted by Gasteiger charge is -2.21. The Morgan fingerprint density at radius 3 is 2.48 bits per heavy atom. The van der Waals surface area contributed by atoms with Crippen LogP contribution >= 0.6 is 0 Å². The van der Waals surface area contributed by atoms with Gasteiger partial charge in [0.25, 0.3) is 5.69 Å². The summed E-state index contributed by atoms with van der Waals surface area (Å²) in [5, 5.41) is 11.2. The highest BCUT2D eigenvalue weighted by molar-refractivity contribution is 5.99. The molecular formula is C15H14F3N5O4. The molecule has 12 heteroatoms. The molecule has 0 atom stereocenters. The first kappa shape index (κ1) is 19.9. The van der Waals surface area contributed by atoms with E-state index in [1.807, 2.05) is 0 Å². The van der Waals surface area contributed by atoms with E-state index in [1.165, 1.54) is 19.1 Å². The van der Waals surface area contributed by atoms with Gasteiger partial charge in [-0.05, 0) is 19.9 Å². The van der Waals surface area contributed by atoms with Crippen molar-refractivity contribution in [1.82, 2.24) is 9.97 Å². The largest absolute Gasteiger partial charge is 0.478 e. The van der Waals surface area contributed by atoms with Crippen molar-refractivity contribution in [2.24, 2.45) is 5.73 Å². The summed E-state index contributed by atoms with van der Waals surface area (Å²) in [5.41, 5.74) is 2.57. The molecule has 0 aliphatic rings. The summed E-state index contributed by atoms with van der Waals surface area (Å²) in [5.74, 6) is -1.21. The summed E-state index contributed by atoms with van der Waals surface area (Å²) >= 11 is 0. The van der Waals surface area contributed by atoms with E-state index in [-0.39, 0.29) is 17.9 Å². The summed E-state index contributed by atoms with van der Waals surface area (Å²) in [6.07, 6.45) is -4.88. The van der Waals surface area contributed by atoms with Gasteiger partial charge in [0, 0.05) is 11.6 Å². The molecule has 144 valence electrons. The number of nitrogens with two attached hydrogens (primary N) is 1. The Hall–Kier alpha value is -3.44. The standard InChI is InChI=1S/C15H14F3N5O4/c1-3-27-12-8(2)11(15(16,17)18)20-14(21-12)22(13(19)24)9-6-4-5-7-10(9)23(25)26/h4-7H,3H2,1-2H3,(H2,19,24). The number of amides is 2. The van der Waals surface area contributed by atoms with Crippen LogP contribution in [0.4, 0.5) is 35.3 Å². The quantitative estimate of drug-likeness (QED) is 0.622. The van der Waals surface area contributed by atoms with Crippen LogP contribution in [0.25, 0.3) is 0 Å². The molecule has 0 spiro atoms. The van der Waals surface area contributed by atoms with Gasteiger partial charge in [0.1, 0.15) is 5.69 Å². The molecule has 1 heterocycles. The van der Waals surface area contributed by atoms with Crippen molar-refractivity contribution < 1.29 is 27.6 Å². The van der Waals surface area contributed by atoms with E-state index in [1.54, 1.807) is 0 Å². The van der Waals surface area contributed by atoms with Crippen LogP contribution in [0.3, 0.4) is 0 Å². The highest BCUT2D eigenvalue weighted by Crippen LogP contribution is 2.37. The average Bonchev–Trinajstić information content (AvgIpc) is 2.56. The molecule has 1 aromatic carbocycles. The summed E-state index contributed by atoms with van der Waals surface area (Å²) < 4.78 is 45.1. The van der Waals surface area contributed by atoms with E-state index in [0.717, 1.165) is 19.1 Å². The molecule has 2 aromatic rings. The molecule has 9 nitrogen and oxygen atoms in total. The Labute approximate surface area is 150 Å². The number of para-hydroxylation sites is 2. The van der Waals surface area contributed by atoms with Crippen LogP contribution in [0.1, 0.15) is 18.2 Å². The Bertz CT molecular complexity index is 888. The van der Waals surface area contributed by atoms with Crippen molar-refractivity contribution in [1.29, 1.82) is 0 Å². The first-order valence-electron chi connectivity index (χ1n) is 7.49. The number of nitro benzene ring substituents is 1. The number of benzene rings is 1. The second-order valence-electron chi connectivity index (χ2n) is 5.15. The van der Waals surface area contributed by atoms with Gasteiger partial charge in [-0.1, -0.05) is 12.1 Å². The third-order valence-electron chi connectivity index (χ3n) is 3.38. The molecule has 0 fully saturated rings. The monoisotopic (exact) mass is 385 g/mol. The van der Waals surface area contributed by atoms with Gasteiger partial charge in [-0.25, -0.2) is 14.7 Å². The fourth-order valence-corrected chi connectivity index (χ4v) is 2.27. The fourth-order valence-electron chi connectivity index (χ4n) is 2.27. The zero-order valence-corrected chi connectivity index (χ0v) is 14.1. The van der Waals surface area contributed by atoms with E-state index in [9.17, 15) is 28.1 Å². The summed E-state index contributed by atoms with van der Waals surface area (Å²) in [6.45, 7) is 2.64. The van der Waals surface area contributed by atoms with E-state index in [0.29, 0.717) is 4.90 Å². The third kappa shape index (κ3) is 4.04. The number of hydrogen-bond donors (Lipinski definition) is 1. The molecule has 0 bridgehead atoms.